The molecule has 9 heteroatoms. The molecule has 3 rings (SSSR count). The fraction of sp³-hybridized carbons (Fsp3) is 0.478. The number of carbonyl (C=O) groups is 1. The van der Waals surface area contributed by atoms with Gasteiger partial charge >= 0.3 is 0 Å². The lowest BCUT2D eigenvalue weighted by Gasteiger charge is -2.21. The van der Waals surface area contributed by atoms with E-state index in [9.17, 15) is 14.7 Å². The Kier molecular flexibility index (Phi) is 8.44. The minimum atomic E-state index is -0.279. The number of pyridine rings is 1. The average Bonchev–Trinajstić information content (AvgIpc) is 3.04. The van der Waals surface area contributed by atoms with Crippen LogP contribution >= 0.6 is 24.0 Å². The van der Waals surface area contributed by atoms with E-state index < -0.39 is 0 Å². The van der Waals surface area contributed by atoms with Crippen molar-refractivity contribution in [3.63, 3.8) is 0 Å². The number of aliphatic hydroxyl groups excluding tert-OH is 1. The van der Waals surface area contributed by atoms with Gasteiger partial charge in [-0.15, -0.1) is 0 Å². The molecule has 1 aliphatic rings. The number of amides is 1. The maximum absolute atomic E-state index is 13.3. The van der Waals surface area contributed by atoms with E-state index >= 15 is 0 Å². The number of carbonyl (C=O) groups excluding carboxylic acids is 1. The molecule has 0 spiro atoms. The lowest BCUT2D eigenvalue weighted by Crippen LogP contribution is -2.33. The smallest absolute Gasteiger partial charge is 0.267 e. The van der Waals surface area contributed by atoms with Crippen LogP contribution in [-0.2, 0) is 4.79 Å². The van der Waals surface area contributed by atoms with Gasteiger partial charge in [-0.2, -0.15) is 0 Å². The summed E-state index contributed by atoms with van der Waals surface area (Å²) in [6, 6.07) is 3.67. The van der Waals surface area contributed by atoms with Crippen molar-refractivity contribution in [1.29, 1.82) is 0 Å². The van der Waals surface area contributed by atoms with Crippen LogP contribution in [0.25, 0.3) is 11.7 Å². The first kappa shape index (κ1) is 24.4. The molecule has 2 N–H and O–H groups in total. The van der Waals surface area contributed by atoms with Gasteiger partial charge in [0.2, 0.25) is 0 Å². The summed E-state index contributed by atoms with van der Waals surface area (Å²) in [6.45, 7) is 6.91. The Morgan fingerprint density at radius 1 is 1.34 bits per heavy atom. The molecule has 0 bridgehead atoms. The van der Waals surface area contributed by atoms with Crippen molar-refractivity contribution in [3.8, 4) is 0 Å². The highest BCUT2D eigenvalue weighted by Gasteiger charge is 2.33. The van der Waals surface area contributed by atoms with Crippen molar-refractivity contribution in [2.24, 2.45) is 5.92 Å². The van der Waals surface area contributed by atoms with Gasteiger partial charge in [0, 0.05) is 19.3 Å². The summed E-state index contributed by atoms with van der Waals surface area (Å²) in [5.74, 6) is 0.573. The number of hydrogen-bond donors (Lipinski definition) is 2. The number of aromatic nitrogens is 2. The third-order valence-electron chi connectivity index (χ3n) is 5.62. The maximum Gasteiger partial charge on any atom is 0.267 e. The normalized spacial score (nSPS) is 16.4. The third kappa shape index (κ3) is 5.22. The molecular weight excluding hydrogens is 444 g/mol. The van der Waals surface area contributed by atoms with E-state index in [2.05, 4.69) is 24.1 Å². The van der Waals surface area contributed by atoms with Crippen LogP contribution < -0.4 is 10.9 Å². The molecule has 172 valence electrons. The van der Waals surface area contributed by atoms with Crippen LogP contribution in [0.3, 0.4) is 0 Å². The Balaban J connectivity index is 1.99. The van der Waals surface area contributed by atoms with Gasteiger partial charge in [-0.05, 0) is 37.0 Å². The lowest BCUT2D eigenvalue weighted by atomic mass is 9.99. The second kappa shape index (κ2) is 11.1. The van der Waals surface area contributed by atoms with E-state index in [4.69, 9.17) is 12.2 Å². The largest absolute Gasteiger partial charge is 0.395 e. The molecule has 1 aliphatic heterocycles. The van der Waals surface area contributed by atoms with E-state index in [0.717, 1.165) is 31.2 Å². The zero-order valence-corrected chi connectivity index (χ0v) is 20.4. The minimum Gasteiger partial charge on any atom is -0.395 e. The fourth-order valence-electron chi connectivity index (χ4n) is 3.71. The molecule has 1 unspecified atom stereocenters. The molecule has 0 saturated carbocycles. The Bertz CT molecular complexity index is 1100. The molecule has 0 aliphatic carbocycles. The molecule has 1 saturated heterocycles. The van der Waals surface area contributed by atoms with Gasteiger partial charge in [0.1, 0.15) is 15.8 Å². The zero-order valence-electron chi connectivity index (χ0n) is 18.8. The van der Waals surface area contributed by atoms with Gasteiger partial charge in [-0.3, -0.25) is 18.9 Å². The number of aliphatic hydroxyl groups is 1. The first-order valence-corrected chi connectivity index (χ1v) is 12.3. The highest BCUT2D eigenvalue weighted by atomic mass is 32.2. The summed E-state index contributed by atoms with van der Waals surface area (Å²) in [5.41, 5.74) is 1.38. The van der Waals surface area contributed by atoms with E-state index in [1.165, 1.54) is 16.2 Å². The first-order valence-electron chi connectivity index (χ1n) is 11.0. The Labute approximate surface area is 197 Å². The molecule has 3 heterocycles. The minimum absolute atomic E-state index is 0.105. The summed E-state index contributed by atoms with van der Waals surface area (Å²) in [6.07, 6.45) is 7.54. The molecule has 1 amide bonds. The number of unbranched alkanes of at least 4 members (excludes halogenated alkanes) is 1. The van der Waals surface area contributed by atoms with E-state index in [0.29, 0.717) is 33.2 Å². The van der Waals surface area contributed by atoms with Crippen LogP contribution in [0.5, 0.6) is 0 Å². The number of anilines is 1. The van der Waals surface area contributed by atoms with Crippen molar-refractivity contribution in [3.05, 3.63) is 44.7 Å². The molecule has 0 aromatic carbocycles. The Hall–Kier alpha value is -2.23. The number of nitrogens with zero attached hydrogens (tertiary/aromatic N) is 3. The lowest BCUT2D eigenvalue weighted by molar-refractivity contribution is -0.122. The first-order chi connectivity index (χ1) is 15.4. The van der Waals surface area contributed by atoms with Crippen LogP contribution in [0, 0.1) is 12.8 Å². The Morgan fingerprint density at radius 3 is 2.81 bits per heavy atom. The van der Waals surface area contributed by atoms with Crippen molar-refractivity contribution < 1.29 is 9.90 Å². The number of fused-ring (bicyclic) bond motifs is 1. The van der Waals surface area contributed by atoms with Crippen LogP contribution in [0.15, 0.2) is 28.0 Å². The molecule has 32 heavy (non-hydrogen) atoms. The summed E-state index contributed by atoms with van der Waals surface area (Å²) in [7, 11) is 0. The maximum atomic E-state index is 13.3. The predicted octanol–water partition coefficient (Wildman–Crippen LogP) is 3.82. The van der Waals surface area contributed by atoms with Crippen LogP contribution in [-0.4, -0.2) is 49.3 Å². The number of thiocarbonyl (C=S) groups is 1. The second-order valence-electron chi connectivity index (χ2n) is 7.92. The quantitative estimate of drug-likeness (QED) is 0.400. The summed E-state index contributed by atoms with van der Waals surface area (Å²) in [4.78, 5) is 33.1. The second-order valence-corrected chi connectivity index (χ2v) is 9.60. The molecule has 1 fully saturated rings. The van der Waals surface area contributed by atoms with Crippen molar-refractivity contribution in [2.75, 3.05) is 25.0 Å². The standard InChI is InChI=1S/C23H30N4O3S2/c1-4-6-9-16(5-2)14-27-22(30)18(32-23(27)31)13-17-19(24-10-12-28)25-20-15(3)8-7-11-26(20)21(17)29/h7-8,11,13,16,24,28H,4-6,9-10,12,14H2,1-3H3/b18-13+. The summed E-state index contributed by atoms with van der Waals surface area (Å²) in [5, 5.41) is 12.3. The van der Waals surface area contributed by atoms with Gasteiger partial charge in [0.25, 0.3) is 11.5 Å². The Morgan fingerprint density at radius 2 is 2.12 bits per heavy atom. The number of thioether (sulfide) groups is 1. The SMILES string of the molecule is CCCCC(CC)CN1C(=O)/C(=C\c2c(NCCO)nc3c(C)cccn3c2=O)SC1=S. The summed E-state index contributed by atoms with van der Waals surface area (Å²) >= 11 is 6.72. The number of hydrogen-bond acceptors (Lipinski definition) is 7. The average molecular weight is 475 g/mol. The van der Waals surface area contributed by atoms with Crippen molar-refractivity contribution >= 4 is 51.7 Å². The molecular formula is C23H30N4O3S2. The van der Waals surface area contributed by atoms with Gasteiger partial charge in [0.15, 0.2) is 0 Å². The van der Waals surface area contributed by atoms with Crippen molar-refractivity contribution in [1.82, 2.24) is 14.3 Å². The van der Waals surface area contributed by atoms with Gasteiger partial charge in [0.05, 0.1) is 17.1 Å². The zero-order chi connectivity index (χ0) is 23.3. The van der Waals surface area contributed by atoms with E-state index in [1.807, 2.05) is 13.0 Å². The third-order valence-corrected chi connectivity index (χ3v) is 7.00. The molecule has 7 nitrogen and oxygen atoms in total. The highest BCUT2D eigenvalue weighted by Crippen LogP contribution is 2.34. The van der Waals surface area contributed by atoms with E-state index in [-0.39, 0.29) is 30.2 Å². The van der Waals surface area contributed by atoms with Crippen molar-refractivity contribution in [2.45, 2.75) is 46.5 Å². The molecule has 2 aromatic heterocycles. The van der Waals surface area contributed by atoms with Crippen LogP contribution in [0.2, 0.25) is 0 Å². The number of aryl methyl sites for hydroxylation is 1. The fourth-order valence-corrected chi connectivity index (χ4v) is 4.97. The topological polar surface area (TPSA) is 86.9 Å². The molecule has 0 radical (unpaired) electrons. The summed E-state index contributed by atoms with van der Waals surface area (Å²) < 4.78 is 2.00. The van der Waals surface area contributed by atoms with E-state index in [1.54, 1.807) is 23.2 Å². The van der Waals surface area contributed by atoms with Gasteiger partial charge in [-0.25, -0.2) is 4.98 Å². The molecule has 1 atom stereocenters. The van der Waals surface area contributed by atoms with Crippen LogP contribution in [0.1, 0.15) is 50.7 Å². The number of rotatable bonds is 10. The van der Waals surface area contributed by atoms with Gasteiger partial charge < -0.3 is 10.4 Å². The monoisotopic (exact) mass is 474 g/mol. The molecule has 2 aromatic rings. The number of nitrogens with one attached hydrogen (secondary N) is 1. The highest BCUT2D eigenvalue weighted by molar-refractivity contribution is 8.26. The predicted molar refractivity (Wildman–Crippen MR) is 135 cm³/mol. The van der Waals surface area contributed by atoms with Crippen LogP contribution in [0.4, 0.5) is 5.82 Å². The van der Waals surface area contributed by atoms with Gasteiger partial charge in [-0.1, -0.05) is 63.2 Å².